The molecule has 1 aromatic rings. The highest BCUT2D eigenvalue weighted by molar-refractivity contribution is 5.93. The zero-order valence-electron chi connectivity index (χ0n) is 10.4. The van der Waals surface area contributed by atoms with E-state index in [1.165, 1.54) is 12.8 Å². The van der Waals surface area contributed by atoms with Crippen LogP contribution in [0.3, 0.4) is 0 Å². The molecule has 3 N–H and O–H groups in total. The van der Waals surface area contributed by atoms with E-state index >= 15 is 0 Å². The maximum atomic E-state index is 11.6. The molecular formula is C13H19N3O2. The number of aliphatic hydroxyl groups excluding tert-OH is 1. The van der Waals surface area contributed by atoms with Crippen LogP contribution in [0.15, 0.2) is 24.3 Å². The van der Waals surface area contributed by atoms with Crippen molar-refractivity contribution in [1.29, 1.82) is 0 Å². The molecule has 0 radical (unpaired) electrons. The topological polar surface area (TPSA) is 64.6 Å². The van der Waals surface area contributed by atoms with Crippen molar-refractivity contribution >= 4 is 17.4 Å². The second-order valence-corrected chi connectivity index (χ2v) is 4.32. The van der Waals surface area contributed by atoms with Gasteiger partial charge in [0.2, 0.25) is 0 Å². The molecule has 1 aliphatic rings. The van der Waals surface area contributed by atoms with E-state index < -0.39 is 0 Å². The minimum atomic E-state index is -0.282. The summed E-state index contributed by atoms with van der Waals surface area (Å²) in [6.45, 7) is 2.28. The van der Waals surface area contributed by atoms with Crippen molar-refractivity contribution in [1.82, 2.24) is 5.32 Å². The smallest absolute Gasteiger partial charge is 0.319 e. The number of hydrogen-bond acceptors (Lipinski definition) is 3. The molecule has 1 aliphatic heterocycles. The summed E-state index contributed by atoms with van der Waals surface area (Å²) in [5, 5.41) is 14.1. The Morgan fingerprint density at radius 3 is 2.72 bits per heavy atom. The van der Waals surface area contributed by atoms with Crippen molar-refractivity contribution in [2.45, 2.75) is 12.8 Å². The molecule has 0 saturated carbocycles. The zero-order valence-corrected chi connectivity index (χ0v) is 10.4. The minimum Gasteiger partial charge on any atom is -0.395 e. The van der Waals surface area contributed by atoms with Gasteiger partial charge in [0.05, 0.1) is 18.0 Å². The number of anilines is 2. The Kier molecular flexibility index (Phi) is 4.41. The van der Waals surface area contributed by atoms with Crippen LogP contribution < -0.4 is 15.5 Å². The molecular weight excluding hydrogens is 230 g/mol. The van der Waals surface area contributed by atoms with Crippen LogP contribution in [0.2, 0.25) is 0 Å². The van der Waals surface area contributed by atoms with Crippen LogP contribution in [0.25, 0.3) is 0 Å². The lowest BCUT2D eigenvalue weighted by atomic mass is 10.2. The number of aliphatic hydroxyl groups is 1. The van der Waals surface area contributed by atoms with E-state index in [-0.39, 0.29) is 19.2 Å². The van der Waals surface area contributed by atoms with Crippen molar-refractivity contribution < 1.29 is 9.90 Å². The highest BCUT2D eigenvalue weighted by atomic mass is 16.3. The molecule has 98 valence electrons. The highest BCUT2D eigenvalue weighted by Crippen LogP contribution is 2.28. The van der Waals surface area contributed by atoms with E-state index in [1.807, 2.05) is 24.3 Å². The number of urea groups is 1. The summed E-state index contributed by atoms with van der Waals surface area (Å²) in [6.07, 6.45) is 2.40. The van der Waals surface area contributed by atoms with Gasteiger partial charge < -0.3 is 20.6 Å². The predicted octanol–water partition coefficient (Wildman–Crippen LogP) is 1.40. The number of rotatable bonds is 4. The summed E-state index contributed by atoms with van der Waals surface area (Å²) in [6, 6.07) is 7.51. The van der Waals surface area contributed by atoms with Gasteiger partial charge in [0.1, 0.15) is 0 Å². The van der Waals surface area contributed by atoms with Crippen LogP contribution in [0, 0.1) is 0 Å². The first-order valence-electron chi connectivity index (χ1n) is 6.31. The van der Waals surface area contributed by atoms with Crippen LogP contribution in [0.1, 0.15) is 12.8 Å². The van der Waals surface area contributed by atoms with Gasteiger partial charge in [0.25, 0.3) is 0 Å². The molecule has 1 saturated heterocycles. The molecule has 0 atom stereocenters. The quantitative estimate of drug-likeness (QED) is 0.755. The average Bonchev–Trinajstić information content (AvgIpc) is 2.91. The molecule has 5 nitrogen and oxygen atoms in total. The van der Waals surface area contributed by atoms with Gasteiger partial charge in [-0.25, -0.2) is 4.79 Å². The molecule has 0 spiro atoms. The molecule has 0 aromatic heterocycles. The lowest BCUT2D eigenvalue weighted by molar-refractivity contribution is 0.245. The summed E-state index contributed by atoms with van der Waals surface area (Å²) in [5.41, 5.74) is 1.88. The van der Waals surface area contributed by atoms with Crippen molar-refractivity contribution in [3.8, 4) is 0 Å². The lowest BCUT2D eigenvalue weighted by Gasteiger charge is -2.21. The standard InChI is InChI=1S/C13H19N3O2/c17-10-7-14-13(18)15-11-5-1-2-6-12(11)16-8-3-4-9-16/h1-2,5-6,17H,3-4,7-10H2,(H2,14,15,18). The molecule has 0 unspecified atom stereocenters. The van der Waals surface area contributed by atoms with Crippen LogP contribution in [-0.4, -0.2) is 37.4 Å². The Morgan fingerprint density at radius 2 is 2.00 bits per heavy atom. The van der Waals surface area contributed by atoms with E-state index in [4.69, 9.17) is 5.11 Å². The molecule has 2 amide bonds. The minimum absolute atomic E-state index is 0.0544. The van der Waals surface area contributed by atoms with Gasteiger partial charge >= 0.3 is 6.03 Å². The van der Waals surface area contributed by atoms with Crippen molar-refractivity contribution in [3.05, 3.63) is 24.3 Å². The molecule has 1 heterocycles. The third-order valence-corrected chi connectivity index (χ3v) is 3.00. The summed E-state index contributed by atoms with van der Waals surface area (Å²) < 4.78 is 0. The fourth-order valence-corrected chi connectivity index (χ4v) is 2.15. The maximum Gasteiger partial charge on any atom is 0.319 e. The van der Waals surface area contributed by atoms with Gasteiger partial charge in [-0.1, -0.05) is 12.1 Å². The Balaban J connectivity index is 2.05. The largest absolute Gasteiger partial charge is 0.395 e. The normalized spacial score (nSPS) is 14.6. The van der Waals surface area contributed by atoms with Gasteiger partial charge in [-0.05, 0) is 25.0 Å². The van der Waals surface area contributed by atoms with Crippen LogP contribution in [-0.2, 0) is 0 Å². The van der Waals surface area contributed by atoms with Crippen LogP contribution in [0.5, 0.6) is 0 Å². The molecule has 2 rings (SSSR count). The zero-order chi connectivity index (χ0) is 12.8. The number of carbonyl (C=O) groups is 1. The van der Waals surface area contributed by atoms with Crippen molar-refractivity contribution in [3.63, 3.8) is 0 Å². The van der Waals surface area contributed by atoms with Crippen LogP contribution in [0.4, 0.5) is 16.2 Å². The number of nitrogens with one attached hydrogen (secondary N) is 2. The summed E-state index contributed by atoms with van der Waals surface area (Å²) >= 11 is 0. The summed E-state index contributed by atoms with van der Waals surface area (Å²) in [7, 11) is 0. The van der Waals surface area contributed by atoms with E-state index in [2.05, 4.69) is 15.5 Å². The van der Waals surface area contributed by atoms with Crippen LogP contribution >= 0.6 is 0 Å². The van der Waals surface area contributed by atoms with Gasteiger partial charge in [-0.15, -0.1) is 0 Å². The Hall–Kier alpha value is -1.75. The fourth-order valence-electron chi connectivity index (χ4n) is 2.15. The highest BCUT2D eigenvalue weighted by Gasteiger charge is 2.16. The van der Waals surface area contributed by atoms with Gasteiger partial charge in [-0.3, -0.25) is 0 Å². The Bertz CT molecular complexity index is 403. The van der Waals surface area contributed by atoms with E-state index in [0.29, 0.717) is 0 Å². The number of amides is 2. The van der Waals surface area contributed by atoms with E-state index in [9.17, 15) is 4.79 Å². The van der Waals surface area contributed by atoms with E-state index in [0.717, 1.165) is 24.5 Å². The molecule has 0 bridgehead atoms. The van der Waals surface area contributed by atoms with E-state index in [1.54, 1.807) is 0 Å². The molecule has 1 aromatic carbocycles. The maximum absolute atomic E-state index is 11.6. The Labute approximate surface area is 107 Å². The second-order valence-electron chi connectivity index (χ2n) is 4.32. The number of carbonyl (C=O) groups excluding carboxylic acids is 1. The average molecular weight is 249 g/mol. The summed E-state index contributed by atoms with van der Waals surface area (Å²) in [5.74, 6) is 0. The molecule has 5 heteroatoms. The third-order valence-electron chi connectivity index (χ3n) is 3.00. The van der Waals surface area contributed by atoms with Crippen molar-refractivity contribution in [2.24, 2.45) is 0 Å². The van der Waals surface area contributed by atoms with Gasteiger partial charge in [0, 0.05) is 19.6 Å². The molecule has 1 fully saturated rings. The second kappa shape index (κ2) is 6.26. The number of para-hydroxylation sites is 2. The van der Waals surface area contributed by atoms with Gasteiger partial charge in [-0.2, -0.15) is 0 Å². The number of hydrogen-bond donors (Lipinski definition) is 3. The predicted molar refractivity (Wildman–Crippen MR) is 72.0 cm³/mol. The van der Waals surface area contributed by atoms with Gasteiger partial charge in [0.15, 0.2) is 0 Å². The monoisotopic (exact) mass is 249 g/mol. The molecule has 0 aliphatic carbocycles. The Morgan fingerprint density at radius 1 is 1.28 bits per heavy atom. The lowest BCUT2D eigenvalue weighted by Crippen LogP contribution is -2.31. The number of nitrogens with zero attached hydrogens (tertiary/aromatic N) is 1. The molecule has 18 heavy (non-hydrogen) atoms. The van der Waals surface area contributed by atoms with Crippen molar-refractivity contribution in [2.75, 3.05) is 36.5 Å². The summed E-state index contributed by atoms with van der Waals surface area (Å²) in [4.78, 5) is 13.9. The first-order chi connectivity index (χ1) is 8.81. The fraction of sp³-hybridized carbons (Fsp3) is 0.462. The first-order valence-corrected chi connectivity index (χ1v) is 6.31. The number of benzene rings is 1. The SMILES string of the molecule is O=C(NCCO)Nc1ccccc1N1CCCC1. The third kappa shape index (κ3) is 3.13. The first kappa shape index (κ1) is 12.7.